The van der Waals surface area contributed by atoms with Gasteiger partial charge in [-0.25, -0.2) is 15.0 Å². The normalized spacial score (nSPS) is 14.0. The lowest BCUT2D eigenvalue weighted by Gasteiger charge is -2.36. The maximum Gasteiger partial charge on any atom is 0.164 e. The van der Waals surface area contributed by atoms with Gasteiger partial charge in [0.05, 0.1) is 0 Å². The molecule has 0 amide bonds. The van der Waals surface area contributed by atoms with Gasteiger partial charge < -0.3 is 4.42 Å². The molecule has 8 aromatic carbocycles. The summed E-state index contributed by atoms with van der Waals surface area (Å²) in [4.78, 5) is 15.5. The first-order chi connectivity index (χ1) is 30.2. The Labute approximate surface area is 355 Å². The molecule has 0 atom stereocenters. The summed E-state index contributed by atoms with van der Waals surface area (Å²) in [6.45, 7) is 0. The van der Waals surface area contributed by atoms with Crippen LogP contribution in [0.25, 0.3) is 101 Å². The molecule has 1 spiro atoms. The second-order valence-electron chi connectivity index (χ2n) is 16.7. The number of fused-ring (bicyclic) bond motifs is 8. The van der Waals surface area contributed by atoms with Crippen molar-refractivity contribution in [1.29, 1.82) is 0 Å². The van der Waals surface area contributed by atoms with Crippen molar-refractivity contribution < 1.29 is 4.42 Å². The first-order valence-electron chi connectivity index (χ1n) is 21.5. The number of furan rings is 1. The van der Waals surface area contributed by atoms with Crippen LogP contribution in [0, 0.1) is 0 Å². The van der Waals surface area contributed by atoms with Gasteiger partial charge in [0.2, 0.25) is 0 Å². The molecule has 0 unspecified atom stereocenters. The van der Waals surface area contributed by atoms with Crippen LogP contribution in [0.1, 0.15) is 43.2 Å². The molecular weight excluding hydrogens is 743 g/mol. The second-order valence-corrected chi connectivity index (χ2v) is 16.7. The Morgan fingerprint density at radius 3 is 1.52 bits per heavy atom. The summed E-state index contributed by atoms with van der Waals surface area (Å²) in [5, 5.41) is 2.16. The van der Waals surface area contributed by atoms with Crippen LogP contribution in [0.2, 0.25) is 0 Å². The van der Waals surface area contributed by atoms with E-state index in [2.05, 4.69) is 158 Å². The molecule has 2 aliphatic rings. The van der Waals surface area contributed by atoms with Crippen LogP contribution in [0.3, 0.4) is 0 Å². The van der Waals surface area contributed by atoms with Crippen LogP contribution >= 0.6 is 0 Å². The number of hydrogen-bond acceptors (Lipinski definition) is 4. The SMILES string of the molecule is c1ccc(-c2cccc(-c3nc(-c4cccc(-c5cccc(-c6ccc7c(c6)C6(CCCCC6)c6ccccc6-7)c5)c4)nc(-c4ccc5c(c4)oc4ccccc45)n3)c2)cc1. The molecule has 0 bridgehead atoms. The molecule has 1 saturated carbocycles. The van der Waals surface area contributed by atoms with E-state index in [9.17, 15) is 0 Å². The minimum atomic E-state index is 0.120. The monoisotopic (exact) mass is 783 g/mol. The van der Waals surface area contributed by atoms with Crippen molar-refractivity contribution in [1.82, 2.24) is 15.0 Å². The predicted octanol–water partition coefficient (Wildman–Crippen LogP) is 15.0. The van der Waals surface area contributed by atoms with Crippen LogP contribution in [0.15, 0.2) is 192 Å². The molecule has 0 N–H and O–H groups in total. The largest absolute Gasteiger partial charge is 0.456 e. The van der Waals surface area contributed by atoms with Crippen molar-refractivity contribution >= 4 is 21.9 Å². The molecule has 2 aromatic heterocycles. The van der Waals surface area contributed by atoms with Gasteiger partial charge in [-0.2, -0.15) is 0 Å². The molecule has 0 radical (unpaired) electrons. The highest BCUT2D eigenvalue weighted by molar-refractivity contribution is 6.05. The highest BCUT2D eigenvalue weighted by Gasteiger charge is 2.43. The van der Waals surface area contributed by atoms with Gasteiger partial charge in [0.1, 0.15) is 11.2 Å². The Bertz CT molecular complexity index is 3300. The van der Waals surface area contributed by atoms with Crippen LogP contribution < -0.4 is 0 Å². The molecule has 10 aromatic rings. The highest BCUT2D eigenvalue weighted by Crippen LogP contribution is 2.56. The van der Waals surface area contributed by atoms with Gasteiger partial charge in [-0.3, -0.25) is 0 Å². The van der Waals surface area contributed by atoms with E-state index in [1.807, 2.05) is 30.3 Å². The molecule has 12 rings (SSSR count). The smallest absolute Gasteiger partial charge is 0.164 e. The maximum atomic E-state index is 6.31. The lowest BCUT2D eigenvalue weighted by atomic mass is 9.67. The zero-order valence-corrected chi connectivity index (χ0v) is 33.7. The summed E-state index contributed by atoms with van der Waals surface area (Å²) < 4.78 is 6.31. The first-order valence-corrected chi connectivity index (χ1v) is 21.5. The molecule has 2 aliphatic carbocycles. The van der Waals surface area contributed by atoms with Gasteiger partial charge in [0.15, 0.2) is 17.5 Å². The van der Waals surface area contributed by atoms with Gasteiger partial charge in [0, 0.05) is 32.9 Å². The topological polar surface area (TPSA) is 51.8 Å². The van der Waals surface area contributed by atoms with E-state index in [1.54, 1.807) is 0 Å². The van der Waals surface area contributed by atoms with Crippen LogP contribution in [0.5, 0.6) is 0 Å². The Hall–Kier alpha value is -7.43. The Morgan fingerprint density at radius 2 is 0.820 bits per heavy atom. The lowest BCUT2D eigenvalue weighted by molar-refractivity contribution is 0.353. The minimum absolute atomic E-state index is 0.120. The fraction of sp³-hybridized carbons (Fsp3) is 0.105. The average Bonchev–Trinajstić information content (AvgIpc) is 3.84. The van der Waals surface area contributed by atoms with Crippen molar-refractivity contribution in [2.75, 3.05) is 0 Å². The van der Waals surface area contributed by atoms with E-state index in [-0.39, 0.29) is 5.41 Å². The van der Waals surface area contributed by atoms with Crippen LogP contribution in [-0.4, -0.2) is 15.0 Å². The standard InChI is InChI=1S/C57H41N3O/c1-3-14-37(15-4-1)38-16-12-20-43(33-38)54-58-55(60-56(59-54)45-27-29-49-48-23-6-8-25-52(48)61-53(49)36-45)44-21-13-19-41(34-44)39-17-11-18-40(32-39)42-26-28-47-46-22-5-7-24-50(46)57(51(47)35-42)30-9-2-10-31-57/h1,3-8,11-29,32-36H,2,9-10,30-31H2. The van der Waals surface area contributed by atoms with E-state index >= 15 is 0 Å². The number of para-hydroxylation sites is 1. The van der Waals surface area contributed by atoms with E-state index in [4.69, 9.17) is 19.4 Å². The third-order valence-corrected chi connectivity index (χ3v) is 13.1. The molecule has 0 aliphatic heterocycles. The van der Waals surface area contributed by atoms with Crippen molar-refractivity contribution in [3.05, 3.63) is 199 Å². The summed E-state index contributed by atoms with van der Waals surface area (Å²) in [5.41, 5.74) is 17.3. The van der Waals surface area contributed by atoms with Crippen molar-refractivity contribution in [2.45, 2.75) is 37.5 Å². The lowest BCUT2D eigenvalue weighted by Crippen LogP contribution is -2.28. The van der Waals surface area contributed by atoms with E-state index < -0.39 is 0 Å². The maximum absolute atomic E-state index is 6.31. The third kappa shape index (κ3) is 6.09. The molecular formula is C57H41N3O. The molecule has 1 fully saturated rings. The zero-order chi connectivity index (χ0) is 40.3. The fourth-order valence-corrected chi connectivity index (χ4v) is 10.1. The summed E-state index contributed by atoms with van der Waals surface area (Å²) in [7, 11) is 0. The Balaban J connectivity index is 0.946. The van der Waals surface area contributed by atoms with Crippen molar-refractivity contribution in [3.63, 3.8) is 0 Å². The molecule has 2 heterocycles. The summed E-state index contributed by atoms with van der Waals surface area (Å²) in [5.74, 6) is 1.82. The summed E-state index contributed by atoms with van der Waals surface area (Å²) in [6.07, 6.45) is 6.34. The van der Waals surface area contributed by atoms with E-state index in [0.717, 1.165) is 60.9 Å². The molecule has 0 saturated heterocycles. The van der Waals surface area contributed by atoms with Gasteiger partial charge in [-0.15, -0.1) is 0 Å². The summed E-state index contributed by atoms with van der Waals surface area (Å²) >= 11 is 0. The fourth-order valence-electron chi connectivity index (χ4n) is 10.1. The number of rotatable bonds is 6. The number of hydrogen-bond donors (Lipinski definition) is 0. The van der Waals surface area contributed by atoms with Gasteiger partial charge >= 0.3 is 0 Å². The van der Waals surface area contributed by atoms with Crippen molar-refractivity contribution in [3.8, 4) is 78.7 Å². The third-order valence-electron chi connectivity index (χ3n) is 13.1. The average molecular weight is 784 g/mol. The minimum Gasteiger partial charge on any atom is -0.456 e. The first kappa shape index (κ1) is 35.5. The second kappa shape index (κ2) is 14.4. The van der Waals surface area contributed by atoms with Crippen LogP contribution in [-0.2, 0) is 5.41 Å². The van der Waals surface area contributed by atoms with E-state index in [0.29, 0.717) is 17.5 Å². The van der Waals surface area contributed by atoms with Crippen LogP contribution in [0.4, 0.5) is 0 Å². The number of aromatic nitrogens is 3. The van der Waals surface area contributed by atoms with Crippen molar-refractivity contribution in [2.24, 2.45) is 0 Å². The van der Waals surface area contributed by atoms with E-state index in [1.165, 1.54) is 65.5 Å². The summed E-state index contributed by atoms with van der Waals surface area (Å²) in [6, 6.07) is 67.1. The number of benzene rings is 8. The predicted molar refractivity (Wildman–Crippen MR) is 249 cm³/mol. The quantitative estimate of drug-likeness (QED) is 0.169. The van der Waals surface area contributed by atoms with Gasteiger partial charge in [-0.1, -0.05) is 165 Å². The number of nitrogens with zero attached hydrogens (tertiary/aromatic N) is 3. The Morgan fingerprint density at radius 1 is 0.328 bits per heavy atom. The van der Waals surface area contributed by atoms with Gasteiger partial charge in [-0.05, 0) is 111 Å². The molecule has 4 nitrogen and oxygen atoms in total. The van der Waals surface area contributed by atoms with Gasteiger partial charge in [0.25, 0.3) is 0 Å². The highest BCUT2D eigenvalue weighted by atomic mass is 16.3. The molecule has 4 heteroatoms. The molecule has 290 valence electrons. The molecule has 61 heavy (non-hydrogen) atoms. The Kier molecular flexibility index (Phi) is 8.38. The zero-order valence-electron chi connectivity index (χ0n) is 33.7.